The number of benzene rings is 3. The van der Waals surface area contributed by atoms with Crippen LogP contribution < -0.4 is 5.19 Å². The minimum atomic E-state index is 0.282. The molecule has 0 aliphatic carbocycles. The first-order valence-corrected chi connectivity index (χ1v) is 7.26. The molecule has 0 aliphatic heterocycles. The van der Waals surface area contributed by atoms with Crippen LogP contribution in [0.15, 0.2) is 84.9 Å². The Kier molecular flexibility index (Phi) is 3.80. The van der Waals surface area contributed by atoms with E-state index >= 15 is 0 Å². The SMILES string of the molecule is [Si]c1ccc(C(c2ccccc2)c2ccccc2)cc1. The van der Waals surface area contributed by atoms with Crippen LogP contribution in [0.3, 0.4) is 0 Å². The summed E-state index contributed by atoms with van der Waals surface area (Å²) in [5.41, 5.74) is 3.95. The van der Waals surface area contributed by atoms with E-state index in [0.29, 0.717) is 0 Å². The molecular formula is C19H15Si. The normalized spacial score (nSPS) is 10.7. The second-order valence-corrected chi connectivity index (χ2v) is 5.45. The van der Waals surface area contributed by atoms with Gasteiger partial charge in [0.25, 0.3) is 0 Å². The maximum absolute atomic E-state index is 3.56. The smallest absolute Gasteiger partial charge is 0.0673 e. The van der Waals surface area contributed by atoms with Crippen molar-refractivity contribution in [2.75, 3.05) is 0 Å². The molecule has 0 N–H and O–H groups in total. The van der Waals surface area contributed by atoms with Crippen molar-refractivity contribution in [2.24, 2.45) is 0 Å². The van der Waals surface area contributed by atoms with Crippen molar-refractivity contribution in [3.8, 4) is 0 Å². The summed E-state index contributed by atoms with van der Waals surface area (Å²) >= 11 is 0. The molecule has 0 saturated heterocycles. The van der Waals surface area contributed by atoms with Gasteiger partial charge in [-0.05, 0) is 16.7 Å². The summed E-state index contributed by atoms with van der Waals surface area (Å²) in [6.07, 6.45) is 0. The van der Waals surface area contributed by atoms with Crippen LogP contribution in [-0.2, 0) is 0 Å². The zero-order chi connectivity index (χ0) is 13.8. The molecule has 20 heavy (non-hydrogen) atoms. The van der Waals surface area contributed by atoms with Gasteiger partial charge in [0.05, 0.1) is 10.2 Å². The van der Waals surface area contributed by atoms with Gasteiger partial charge in [0, 0.05) is 5.92 Å². The average molecular weight is 271 g/mol. The van der Waals surface area contributed by atoms with Crippen molar-refractivity contribution in [1.82, 2.24) is 0 Å². The second kappa shape index (κ2) is 5.89. The molecule has 0 fully saturated rings. The van der Waals surface area contributed by atoms with Crippen LogP contribution in [0.5, 0.6) is 0 Å². The molecule has 0 amide bonds. The Morgan fingerprint density at radius 1 is 0.500 bits per heavy atom. The first-order chi connectivity index (χ1) is 9.84. The molecule has 0 spiro atoms. The lowest BCUT2D eigenvalue weighted by molar-refractivity contribution is 0.978. The monoisotopic (exact) mass is 271 g/mol. The number of hydrogen-bond donors (Lipinski definition) is 0. The zero-order valence-corrected chi connectivity index (χ0v) is 12.2. The Morgan fingerprint density at radius 2 is 0.900 bits per heavy atom. The highest BCUT2D eigenvalue weighted by molar-refractivity contribution is 6.32. The van der Waals surface area contributed by atoms with Gasteiger partial charge >= 0.3 is 0 Å². The van der Waals surface area contributed by atoms with Crippen LogP contribution in [0, 0.1) is 0 Å². The summed E-state index contributed by atoms with van der Waals surface area (Å²) in [6.45, 7) is 0. The minimum absolute atomic E-state index is 0.282. The Balaban J connectivity index is 2.11. The fourth-order valence-corrected chi connectivity index (χ4v) is 2.71. The molecule has 3 aromatic rings. The van der Waals surface area contributed by atoms with Gasteiger partial charge in [-0.1, -0.05) is 90.1 Å². The lowest BCUT2D eigenvalue weighted by atomic mass is 9.85. The lowest BCUT2D eigenvalue weighted by Gasteiger charge is -2.19. The molecule has 3 aromatic carbocycles. The second-order valence-electron chi connectivity index (χ2n) is 4.88. The largest absolute Gasteiger partial charge is 0.0711 e. The highest BCUT2D eigenvalue weighted by atomic mass is 28.1. The van der Waals surface area contributed by atoms with Gasteiger partial charge < -0.3 is 0 Å². The van der Waals surface area contributed by atoms with Crippen LogP contribution in [0.1, 0.15) is 22.6 Å². The first-order valence-electron chi connectivity index (χ1n) is 6.76. The van der Waals surface area contributed by atoms with E-state index in [1.807, 2.05) is 0 Å². The average Bonchev–Trinajstić information content (AvgIpc) is 2.52. The van der Waals surface area contributed by atoms with Crippen molar-refractivity contribution in [3.05, 3.63) is 102 Å². The molecule has 95 valence electrons. The van der Waals surface area contributed by atoms with Crippen LogP contribution in [-0.4, -0.2) is 10.2 Å². The van der Waals surface area contributed by atoms with Gasteiger partial charge in [-0.15, -0.1) is 0 Å². The molecule has 0 unspecified atom stereocenters. The molecule has 3 radical (unpaired) electrons. The van der Waals surface area contributed by atoms with Gasteiger partial charge in [-0.3, -0.25) is 0 Å². The molecule has 0 aliphatic rings. The molecule has 0 heterocycles. The van der Waals surface area contributed by atoms with Crippen molar-refractivity contribution < 1.29 is 0 Å². The zero-order valence-electron chi connectivity index (χ0n) is 11.2. The van der Waals surface area contributed by atoms with Crippen molar-refractivity contribution in [2.45, 2.75) is 5.92 Å². The Hall–Kier alpha value is -2.12. The van der Waals surface area contributed by atoms with E-state index in [4.69, 9.17) is 0 Å². The van der Waals surface area contributed by atoms with Crippen LogP contribution in [0.25, 0.3) is 0 Å². The summed E-state index contributed by atoms with van der Waals surface area (Å²) in [4.78, 5) is 0. The predicted molar refractivity (Wildman–Crippen MR) is 85.7 cm³/mol. The summed E-state index contributed by atoms with van der Waals surface area (Å²) in [5, 5.41) is 1.11. The van der Waals surface area contributed by atoms with E-state index < -0.39 is 0 Å². The first kappa shape index (κ1) is 12.9. The number of hydrogen-bond acceptors (Lipinski definition) is 0. The van der Waals surface area contributed by atoms with E-state index in [1.54, 1.807) is 0 Å². The van der Waals surface area contributed by atoms with E-state index in [2.05, 4.69) is 95.2 Å². The topological polar surface area (TPSA) is 0 Å². The lowest BCUT2D eigenvalue weighted by Crippen LogP contribution is -2.06. The van der Waals surface area contributed by atoms with Gasteiger partial charge in [0.1, 0.15) is 0 Å². The summed E-state index contributed by atoms with van der Waals surface area (Å²) in [7, 11) is 3.56. The minimum Gasteiger partial charge on any atom is -0.0673 e. The third-order valence-electron chi connectivity index (χ3n) is 3.51. The highest BCUT2D eigenvalue weighted by Crippen LogP contribution is 2.31. The van der Waals surface area contributed by atoms with Crippen molar-refractivity contribution >= 4 is 15.4 Å². The molecule has 0 saturated carbocycles. The van der Waals surface area contributed by atoms with Gasteiger partial charge in [-0.25, -0.2) is 0 Å². The van der Waals surface area contributed by atoms with Crippen molar-refractivity contribution in [1.29, 1.82) is 0 Å². The van der Waals surface area contributed by atoms with E-state index in [1.165, 1.54) is 16.7 Å². The van der Waals surface area contributed by atoms with Crippen LogP contribution in [0.2, 0.25) is 0 Å². The maximum atomic E-state index is 3.56. The van der Waals surface area contributed by atoms with Crippen molar-refractivity contribution in [3.63, 3.8) is 0 Å². The number of rotatable bonds is 3. The third kappa shape index (κ3) is 2.73. The maximum Gasteiger partial charge on any atom is 0.0711 e. The fourth-order valence-electron chi connectivity index (χ4n) is 2.54. The third-order valence-corrected chi connectivity index (χ3v) is 3.84. The summed E-state index contributed by atoms with van der Waals surface area (Å²) in [6, 6.07) is 29.9. The summed E-state index contributed by atoms with van der Waals surface area (Å²) < 4.78 is 0. The molecule has 3 rings (SSSR count). The molecular weight excluding hydrogens is 256 g/mol. The highest BCUT2D eigenvalue weighted by Gasteiger charge is 2.15. The van der Waals surface area contributed by atoms with Gasteiger partial charge in [0.15, 0.2) is 0 Å². The van der Waals surface area contributed by atoms with E-state index in [9.17, 15) is 0 Å². The molecule has 0 nitrogen and oxygen atoms in total. The Morgan fingerprint density at radius 3 is 1.35 bits per heavy atom. The van der Waals surface area contributed by atoms with Gasteiger partial charge in [-0.2, -0.15) is 0 Å². The van der Waals surface area contributed by atoms with Crippen LogP contribution in [0.4, 0.5) is 0 Å². The Labute approximate surface area is 123 Å². The van der Waals surface area contributed by atoms with E-state index in [0.717, 1.165) is 5.19 Å². The van der Waals surface area contributed by atoms with E-state index in [-0.39, 0.29) is 5.92 Å². The quantitative estimate of drug-likeness (QED) is 0.504. The molecule has 1 heteroatoms. The van der Waals surface area contributed by atoms with Gasteiger partial charge in [0.2, 0.25) is 0 Å². The predicted octanol–water partition coefficient (Wildman–Crippen LogP) is 3.66. The standard InChI is InChI=1S/C19H15Si/c20-18-13-11-17(12-14-18)19(15-7-3-1-4-8-15)16-9-5-2-6-10-16/h1-14,19H. The summed E-state index contributed by atoms with van der Waals surface area (Å²) in [5.74, 6) is 0.282. The molecule has 0 bridgehead atoms. The molecule has 0 atom stereocenters. The van der Waals surface area contributed by atoms with Crippen LogP contribution >= 0.6 is 0 Å². The molecule has 0 aromatic heterocycles. The Bertz CT molecular complexity index is 618. The fraction of sp³-hybridized carbons (Fsp3) is 0.0526.